The average molecular weight is 187 g/mol. The zero-order valence-corrected chi connectivity index (χ0v) is 8.26. The molecule has 0 amide bonds. The number of carbonyl (C=O) groups excluding carboxylic acids is 1. The van der Waals surface area contributed by atoms with E-state index in [9.17, 15) is 4.79 Å². The molecule has 13 heavy (non-hydrogen) atoms. The molecule has 1 atom stereocenters. The first-order chi connectivity index (χ1) is 6.16. The van der Waals surface area contributed by atoms with Crippen LogP contribution in [0, 0.1) is 0 Å². The normalized spacial score (nSPS) is 28.5. The van der Waals surface area contributed by atoms with Crippen molar-refractivity contribution in [1.29, 1.82) is 0 Å². The summed E-state index contributed by atoms with van der Waals surface area (Å²) in [4.78, 5) is 10.9. The Labute approximate surface area is 78.6 Å². The topological polar surface area (TPSA) is 47.6 Å². The van der Waals surface area contributed by atoms with Crippen LogP contribution in [-0.4, -0.2) is 38.4 Å². The molecular formula is C9H17NO3. The van der Waals surface area contributed by atoms with Gasteiger partial charge in [0, 0.05) is 12.1 Å². The zero-order valence-electron chi connectivity index (χ0n) is 8.26. The fourth-order valence-electron chi connectivity index (χ4n) is 1.43. The van der Waals surface area contributed by atoms with Gasteiger partial charge in [-0.25, -0.2) is 0 Å². The van der Waals surface area contributed by atoms with Crippen molar-refractivity contribution in [3.8, 4) is 0 Å². The molecule has 1 fully saturated rings. The third-order valence-corrected chi connectivity index (χ3v) is 2.33. The predicted octanol–water partition coefficient (Wildman–Crippen LogP) is 0.318. The van der Waals surface area contributed by atoms with Crippen LogP contribution in [-0.2, 0) is 14.3 Å². The molecule has 1 N–H and O–H groups in total. The summed E-state index contributed by atoms with van der Waals surface area (Å²) in [7, 11) is 1.39. The van der Waals surface area contributed by atoms with Gasteiger partial charge in [-0.15, -0.1) is 0 Å². The van der Waals surface area contributed by atoms with E-state index in [1.54, 1.807) is 0 Å². The molecule has 1 aliphatic heterocycles. The fraction of sp³-hybridized carbons (Fsp3) is 0.889. The summed E-state index contributed by atoms with van der Waals surface area (Å²) in [5.74, 6) is -0.230. The summed E-state index contributed by atoms with van der Waals surface area (Å²) >= 11 is 0. The van der Waals surface area contributed by atoms with Gasteiger partial charge in [0.1, 0.15) is 0 Å². The van der Waals surface area contributed by atoms with Crippen molar-refractivity contribution >= 4 is 5.97 Å². The first-order valence-corrected chi connectivity index (χ1v) is 4.56. The minimum absolute atomic E-state index is 0.0631. The summed E-state index contributed by atoms with van der Waals surface area (Å²) < 4.78 is 9.88. The molecule has 0 spiro atoms. The summed E-state index contributed by atoms with van der Waals surface area (Å²) in [5.41, 5.74) is -0.0631. The van der Waals surface area contributed by atoms with Gasteiger partial charge in [0.05, 0.1) is 20.3 Å². The number of methoxy groups -OCH3 is 1. The highest BCUT2D eigenvalue weighted by molar-refractivity contribution is 5.71. The Morgan fingerprint density at radius 3 is 3.00 bits per heavy atom. The van der Waals surface area contributed by atoms with Crippen molar-refractivity contribution in [2.45, 2.75) is 25.3 Å². The van der Waals surface area contributed by atoms with Crippen LogP contribution in [0.3, 0.4) is 0 Å². The van der Waals surface area contributed by atoms with Gasteiger partial charge in [0.25, 0.3) is 0 Å². The number of hydrogen-bond donors (Lipinski definition) is 1. The van der Waals surface area contributed by atoms with Crippen LogP contribution in [0.1, 0.15) is 19.8 Å². The molecule has 1 unspecified atom stereocenters. The zero-order chi connectivity index (χ0) is 9.73. The van der Waals surface area contributed by atoms with Gasteiger partial charge in [-0.1, -0.05) is 0 Å². The molecule has 1 rings (SSSR count). The van der Waals surface area contributed by atoms with Gasteiger partial charge in [0.15, 0.2) is 0 Å². The van der Waals surface area contributed by atoms with E-state index < -0.39 is 0 Å². The van der Waals surface area contributed by atoms with E-state index >= 15 is 0 Å². The number of esters is 1. The molecule has 0 bridgehead atoms. The fourth-order valence-corrected chi connectivity index (χ4v) is 1.43. The van der Waals surface area contributed by atoms with Gasteiger partial charge < -0.3 is 9.47 Å². The second kappa shape index (κ2) is 4.58. The predicted molar refractivity (Wildman–Crippen MR) is 48.5 cm³/mol. The molecule has 4 nitrogen and oxygen atoms in total. The Hall–Kier alpha value is -0.610. The second-order valence-corrected chi connectivity index (χ2v) is 3.65. The highest BCUT2D eigenvalue weighted by Gasteiger charge is 2.27. The van der Waals surface area contributed by atoms with Crippen molar-refractivity contribution in [3.63, 3.8) is 0 Å². The number of ether oxygens (including phenoxy) is 2. The Kier molecular flexibility index (Phi) is 3.69. The van der Waals surface area contributed by atoms with Crippen molar-refractivity contribution < 1.29 is 14.3 Å². The molecular weight excluding hydrogens is 170 g/mol. The summed E-state index contributed by atoms with van der Waals surface area (Å²) in [6.07, 6.45) is 2.09. The third-order valence-electron chi connectivity index (χ3n) is 2.33. The SMILES string of the molecule is COC(=O)CNC1(C)CCCOC1. The lowest BCUT2D eigenvalue weighted by Crippen LogP contribution is -2.50. The van der Waals surface area contributed by atoms with E-state index in [-0.39, 0.29) is 18.1 Å². The van der Waals surface area contributed by atoms with Crippen LogP contribution in [0.5, 0.6) is 0 Å². The molecule has 0 aromatic heterocycles. The lowest BCUT2D eigenvalue weighted by molar-refractivity contribution is -0.140. The standard InChI is InChI=1S/C9H17NO3/c1-9(4-3-5-13-7-9)10-6-8(11)12-2/h10H,3-7H2,1-2H3. The van der Waals surface area contributed by atoms with Crippen LogP contribution in [0.2, 0.25) is 0 Å². The van der Waals surface area contributed by atoms with Gasteiger partial charge in [-0.05, 0) is 19.8 Å². The minimum Gasteiger partial charge on any atom is -0.468 e. The van der Waals surface area contributed by atoms with Crippen LogP contribution >= 0.6 is 0 Å². The lowest BCUT2D eigenvalue weighted by Gasteiger charge is -2.34. The van der Waals surface area contributed by atoms with Crippen LogP contribution in [0.4, 0.5) is 0 Å². The van der Waals surface area contributed by atoms with Gasteiger partial charge >= 0.3 is 5.97 Å². The average Bonchev–Trinajstić information content (AvgIpc) is 2.15. The molecule has 0 aromatic carbocycles. The number of carbonyl (C=O) groups is 1. The molecule has 1 saturated heterocycles. The van der Waals surface area contributed by atoms with Crippen LogP contribution in [0.15, 0.2) is 0 Å². The summed E-state index contributed by atoms with van der Waals surface area (Å²) in [6, 6.07) is 0. The Bertz CT molecular complexity index is 176. The number of hydrogen-bond acceptors (Lipinski definition) is 4. The van der Waals surface area contributed by atoms with Crippen molar-refractivity contribution in [1.82, 2.24) is 5.32 Å². The third kappa shape index (κ3) is 3.32. The molecule has 76 valence electrons. The second-order valence-electron chi connectivity index (χ2n) is 3.65. The minimum atomic E-state index is -0.230. The lowest BCUT2D eigenvalue weighted by atomic mass is 9.95. The van der Waals surface area contributed by atoms with Gasteiger partial charge in [0.2, 0.25) is 0 Å². The van der Waals surface area contributed by atoms with Gasteiger partial charge in [-0.2, -0.15) is 0 Å². The van der Waals surface area contributed by atoms with E-state index in [2.05, 4.69) is 17.0 Å². The highest BCUT2D eigenvalue weighted by Crippen LogP contribution is 2.17. The Balaban J connectivity index is 2.28. The van der Waals surface area contributed by atoms with E-state index in [1.807, 2.05) is 0 Å². The molecule has 4 heteroatoms. The maximum atomic E-state index is 10.9. The number of rotatable bonds is 3. The van der Waals surface area contributed by atoms with Crippen molar-refractivity contribution in [3.05, 3.63) is 0 Å². The van der Waals surface area contributed by atoms with Crippen molar-refractivity contribution in [2.24, 2.45) is 0 Å². The summed E-state index contributed by atoms with van der Waals surface area (Å²) in [5, 5.41) is 3.15. The highest BCUT2D eigenvalue weighted by atomic mass is 16.5. The first-order valence-electron chi connectivity index (χ1n) is 4.56. The smallest absolute Gasteiger partial charge is 0.319 e. The van der Waals surface area contributed by atoms with Crippen molar-refractivity contribution in [2.75, 3.05) is 26.9 Å². The molecule has 0 aliphatic carbocycles. The van der Waals surface area contributed by atoms with Gasteiger partial charge in [-0.3, -0.25) is 10.1 Å². The Morgan fingerprint density at radius 2 is 2.46 bits per heavy atom. The number of nitrogens with one attached hydrogen (secondary N) is 1. The molecule has 0 aromatic rings. The van der Waals surface area contributed by atoms with E-state index in [4.69, 9.17) is 4.74 Å². The van der Waals surface area contributed by atoms with Crippen LogP contribution in [0.25, 0.3) is 0 Å². The largest absolute Gasteiger partial charge is 0.468 e. The maximum absolute atomic E-state index is 10.9. The van der Waals surface area contributed by atoms with E-state index in [1.165, 1.54) is 7.11 Å². The monoisotopic (exact) mass is 187 g/mol. The van der Waals surface area contributed by atoms with E-state index in [0.717, 1.165) is 19.4 Å². The molecule has 0 radical (unpaired) electrons. The van der Waals surface area contributed by atoms with Crippen LogP contribution < -0.4 is 5.32 Å². The Morgan fingerprint density at radius 1 is 1.69 bits per heavy atom. The molecule has 1 heterocycles. The molecule has 1 aliphatic rings. The molecule has 0 saturated carbocycles. The first kappa shape index (κ1) is 10.5. The quantitative estimate of drug-likeness (QED) is 0.646. The van der Waals surface area contributed by atoms with E-state index in [0.29, 0.717) is 6.61 Å². The maximum Gasteiger partial charge on any atom is 0.319 e. The summed E-state index contributed by atoms with van der Waals surface area (Å²) in [6.45, 7) is 3.82.